The number of carbonyl (C=O) groups excluding carboxylic acids is 1. The number of carbonyl (C=O) groups is 1. The highest BCUT2D eigenvalue weighted by Gasteiger charge is 2.29. The highest BCUT2D eigenvalue weighted by Crippen LogP contribution is 2.30. The Hall–Kier alpha value is -1.56. The number of hydrogen-bond acceptors (Lipinski definition) is 4. The minimum Gasteiger partial charge on any atom is -0.490 e. The van der Waals surface area contributed by atoms with E-state index in [0.717, 1.165) is 43.3 Å². The smallest absolute Gasteiger partial charge is 0.246 e. The standard InChI is InChI=1S/C22H29ClN2O3/c23-21-16-20(28-19-8-10-24(11-9-19)18-2-1-3-18)6-4-17(21)5-7-22(26)25-12-14-27-15-13-25/h4-7,16,18-19H,1-3,8-15H2/b7-5+. The number of halogens is 1. The van der Waals surface area contributed by atoms with E-state index in [1.807, 2.05) is 18.2 Å². The molecular formula is C22H29ClN2O3. The average Bonchev–Trinajstić information content (AvgIpc) is 2.68. The lowest BCUT2D eigenvalue weighted by atomic mass is 9.90. The molecule has 2 heterocycles. The predicted molar refractivity (Wildman–Crippen MR) is 111 cm³/mol. The van der Waals surface area contributed by atoms with E-state index in [1.54, 1.807) is 17.1 Å². The number of benzene rings is 1. The van der Waals surface area contributed by atoms with Crippen LogP contribution in [0.25, 0.3) is 6.08 Å². The third-order valence-electron chi connectivity index (χ3n) is 6.07. The summed E-state index contributed by atoms with van der Waals surface area (Å²) >= 11 is 6.42. The Balaban J connectivity index is 1.29. The van der Waals surface area contributed by atoms with Crippen LogP contribution in [-0.4, -0.2) is 67.2 Å². The van der Waals surface area contributed by atoms with E-state index >= 15 is 0 Å². The zero-order valence-corrected chi connectivity index (χ0v) is 17.1. The summed E-state index contributed by atoms with van der Waals surface area (Å²) in [6.45, 7) is 4.76. The van der Waals surface area contributed by atoms with Gasteiger partial charge in [-0.1, -0.05) is 18.0 Å². The van der Waals surface area contributed by atoms with Crippen LogP contribution in [0.3, 0.4) is 0 Å². The summed E-state index contributed by atoms with van der Waals surface area (Å²) < 4.78 is 11.4. The van der Waals surface area contributed by atoms with Gasteiger partial charge in [0.2, 0.25) is 5.91 Å². The molecule has 2 aliphatic heterocycles. The molecule has 1 amide bonds. The van der Waals surface area contributed by atoms with E-state index in [4.69, 9.17) is 21.1 Å². The van der Waals surface area contributed by atoms with Crippen molar-refractivity contribution in [3.8, 4) is 5.75 Å². The molecular weight excluding hydrogens is 376 g/mol. The topological polar surface area (TPSA) is 42.0 Å². The Morgan fingerprint density at radius 2 is 1.86 bits per heavy atom. The quantitative estimate of drug-likeness (QED) is 0.703. The molecule has 1 aromatic rings. The maximum Gasteiger partial charge on any atom is 0.246 e. The van der Waals surface area contributed by atoms with Gasteiger partial charge in [-0.15, -0.1) is 0 Å². The molecule has 1 saturated carbocycles. The fourth-order valence-corrected chi connectivity index (χ4v) is 4.30. The number of piperidine rings is 1. The minimum absolute atomic E-state index is 0.00193. The Morgan fingerprint density at radius 1 is 1.11 bits per heavy atom. The Kier molecular flexibility index (Phi) is 6.55. The number of hydrogen-bond donors (Lipinski definition) is 0. The van der Waals surface area contributed by atoms with Gasteiger partial charge in [0.25, 0.3) is 0 Å². The molecule has 0 bridgehead atoms. The van der Waals surface area contributed by atoms with Crippen LogP contribution in [0.5, 0.6) is 5.75 Å². The van der Waals surface area contributed by atoms with Crippen molar-refractivity contribution in [3.05, 3.63) is 34.9 Å². The van der Waals surface area contributed by atoms with Gasteiger partial charge in [0.1, 0.15) is 11.9 Å². The van der Waals surface area contributed by atoms with Crippen molar-refractivity contribution in [1.29, 1.82) is 0 Å². The first kappa shape index (κ1) is 19.7. The number of nitrogens with zero attached hydrogens (tertiary/aromatic N) is 2. The fraction of sp³-hybridized carbons (Fsp3) is 0.591. The minimum atomic E-state index is -0.00193. The molecule has 28 heavy (non-hydrogen) atoms. The van der Waals surface area contributed by atoms with Crippen molar-refractivity contribution < 1.29 is 14.3 Å². The van der Waals surface area contributed by atoms with Crippen LogP contribution in [0.1, 0.15) is 37.7 Å². The monoisotopic (exact) mass is 404 g/mol. The number of rotatable bonds is 5. The van der Waals surface area contributed by atoms with Gasteiger partial charge in [-0.3, -0.25) is 4.79 Å². The lowest BCUT2D eigenvalue weighted by molar-refractivity contribution is -0.129. The number of morpholine rings is 1. The summed E-state index contributed by atoms with van der Waals surface area (Å²) in [6, 6.07) is 6.55. The van der Waals surface area contributed by atoms with E-state index in [-0.39, 0.29) is 12.0 Å². The maximum atomic E-state index is 12.2. The molecule has 5 nitrogen and oxygen atoms in total. The molecule has 3 aliphatic rings. The van der Waals surface area contributed by atoms with Crippen molar-refractivity contribution in [3.63, 3.8) is 0 Å². The molecule has 0 unspecified atom stereocenters. The fourth-order valence-electron chi connectivity index (χ4n) is 4.07. The highest BCUT2D eigenvalue weighted by molar-refractivity contribution is 6.32. The third kappa shape index (κ3) is 4.88. The highest BCUT2D eigenvalue weighted by atomic mass is 35.5. The zero-order valence-electron chi connectivity index (χ0n) is 16.3. The summed E-state index contributed by atoms with van der Waals surface area (Å²) in [6.07, 6.45) is 9.89. The van der Waals surface area contributed by atoms with Crippen LogP contribution < -0.4 is 4.74 Å². The maximum absolute atomic E-state index is 12.2. The molecule has 0 atom stereocenters. The zero-order chi connectivity index (χ0) is 19.3. The molecule has 6 heteroatoms. The normalized spacial score (nSPS) is 22.4. The molecule has 0 aromatic heterocycles. The van der Waals surface area contributed by atoms with E-state index in [2.05, 4.69) is 4.90 Å². The first-order valence-electron chi connectivity index (χ1n) is 10.4. The van der Waals surface area contributed by atoms with Gasteiger partial charge in [0, 0.05) is 38.3 Å². The van der Waals surface area contributed by atoms with Gasteiger partial charge in [0.15, 0.2) is 0 Å². The lowest BCUT2D eigenvalue weighted by Crippen LogP contribution is -2.46. The summed E-state index contributed by atoms with van der Waals surface area (Å²) in [5.41, 5.74) is 0.829. The largest absolute Gasteiger partial charge is 0.490 e. The van der Waals surface area contributed by atoms with Crippen molar-refractivity contribution in [2.24, 2.45) is 0 Å². The summed E-state index contributed by atoms with van der Waals surface area (Å²) in [5, 5.41) is 0.607. The molecule has 1 aromatic carbocycles. The first-order valence-corrected chi connectivity index (χ1v) is 10.8. The summed E-state index contributed by atoms with van der Waals surface area (Å²) in [7, 11) is 0. The Labute approximate surface area is 172 Å². The molecule has 1 aliphatic carbocycles. The SMILES string of the molecule is O=C(/C=C/c1ccc(OC2CCN(C3CCC3)CC2)cc1Cl)N1CCOCC1. The van der Waals surface area contributed by atoms with Gasteiger partial charge in [-0.05, 0) is 55.5 Å². The van der Waals surface area contributed by atoms with Gasteiger partial charge in [0.05, 0.1) is 18.2 Å². The number of ether oxygens (including phenoxy) is 2. The van der Waals surface area contributed by atoms with Crippen LogP contribution in [0.4, 0.5) is 0 Å². The lowest BCUT2D eigenvalue weighted by Gasteiger charge is -2.41. The summed E-state index contributed by atoms with van der Waals surface area (Å²) in [5.74, 6) is 0.807. The van der Waals surface area contributed by atoms with Crippen LogP contribution in [-0.2, 0) is 9.53 Å². The molecule has 0 radical (unpaired) electrons. The van der Waals surface area contributed by atoms with Gasteiger partial charge in [-0.2, -0.15) is 0 Å². The third-order valence-corrected chi connectivity index (χ3v) is 6.40. The summed E-state index contributed by atoms with van der Waals surface area (Å²) in [4.78, 5) is 16.6. The number of amides is 1. The van der Waals surface area contributed by atoms with Gasteiger partial charge >= 0.3 is 0 Å². The second-order valence-corrected chi connectivity index (χ2v) is 8.30. The van der Waals surface area contributed by atoms with Crippen molar-refractivity contribution in [2.45, 2.75) is 44.2 Å². The molecule has 4 rings (SSSR count). The molecule has 0 spiro atoms. The van der Waals surface area contributed by atoms with E-state index in [9.17, 15) is 4.79 Å². The Bertz CT molecular complexity index is 706. The second-order valence-electron chi connectivity index (χ2n) is 7.89. The first-order chi connectivity index (χ1) is 13.7. The molecule has 3 fully saturated rings. The van der Waals surface area contributed by atoms with Crippen LogP contribution >= 0.6 is 11.6 Å². The van der Waals surface area contributed by atoms with Crippen molar-refractivity contribution in [1.82, 2.24) is 9.80 Å². The molecule has 2 saturated heterocycles. The van der Waals surface area contributed by atoms with Gasteiger partial charge in [-0.25, -0.2) is 0 Å². The second kappa shape index (κ2) is 9.29. The van der Waals surface area contributed by atoms with Crippen molar-refractivity contribution in [2.75, 3.05) is 39.4 Å². The van der Waals surface area contributed by atoms with E-state index in [0.29, 0.717) is 31.3 Å². The van der Waals surface area contributed by atoms with Gasteiger partial charge < -0.3 is 19.3 Å². The van der Waals surface area contributed by atoms with Crippen LogP contribution in [0.2, 0.25) is 5.02 Å². The Morgan fingerprint density at radius 3 is 2.50 bits per heavy atom. The van der Waals surface area contributed by atoms with E-state index < -0.39 is 0 Å². The van der Waals surface area contributed by atoms with Crippen LogP contribution in [0, 0.1) is 0 Å². The predicted octanol–water partition coefficient (Wildman–Crippen LogP) is 3.61. The van der Waals surface area contributed by atoms with Crippen molar-refractivity contribution >= 4 is 23.6 Å². The van der Waals surface area contributed by atoms with Crippen LogP contribution in [0.15, 0.2) is 24.3 Å². The van der Waals surface area contributed by atoms with E-state index in [1.165, 1.54) is 19.3 Å². The average molecular weight is 405 g/mol. The number of likely N-dealkylation sites (tertiary alicyclic amines) is 1. The molecule has 152 valence electrons. The molecule has 0 N–H and O–H groups in total.